The molecule has 1 N–H and O–H groups in total. The molecule has 2 aromatic carbocycles. The lowest BCUT2D eigenvalue weighted by Crippen LogP contribution is -2.49. The van der Waals surface area contributed by atoms with Crippen molar-refractivity contribution in [3.8, 4) is 0 Å². The summed E-state index contributed by atoms with van der Waals surface area (Å²) in [6, 6.07) is 10.5. The van der Waals surface area contributed by atoms with Crippen LogP contribution in [0, 0.1) is 12.7 Å². The maximum atomic E-state index is 13.7. The van der Waals surface area contributed by atoms with E-state index in [1.807, 2.05) is 6.92 Å². The van der Waals surface area contributed by atoms with Gasteiger partial charge < -0.3 is 4.90 Å². The van der Waals surface area contributed by atoms with Gasteiger partial charge in [-0.1, -0.05) is 18.2 Å². The number of fused-ring (bicyclic) bond motifs is 1. The second kappa shape index (κ2) is 7.82. The van der Waals surface area contributed by atoms with Crippen LogP contribution in [0.25, 0.3) is 5.57 Å². The number of carbonyl (C=O) groups is 1. The summed E-state index contributed by atoms with van der Waals surface area (Å²) in [5, 5.41) is 4.05. The van der Waals surface area contributed by atoms with Crippen molar-refractivity contribution >= 4 is 23.4 Å². The molecule has 0 aliphatic carbocycles. The van der Waals surface area contributed by atoms with Crippen LogP contribution in [0.4, 0.5) is 10.1 Å². The molecule has 29 heavy (non-hydrogen) atoms. The minimum absolute atomic E-state index is 0.0274. The number of hydrogen-bond donors (Lipinski definition) is 1. The molecule has 0 bridgehead atoms. The van der Waals surface area contributed by atoms with Crippen molar-refractivity contribution in [3.05, 3.63) is 70.5 Å². The van der Waals surface area contributed by atoms with Gasteiger partial charge in [-0.3, -0.25) is 4.79 Å². The summed E-state index contributed by atoms with van der Waals surface area (Å²) in [7, 11) is 0. The van der Waals surface area contributed by atoms with Crippen LogP contribution < -0.4 is 10.3 Å². The van der Waals surface area contributed by atoms with Crippen LogP contribution in [-0.4, -0.2) is 23.7 Å². The molecule has 0 saturated carbocycles. The molecule has 2 aromatic rings. The molecule has 0 fully saturated rings. The minimum Gasteiger partial charge on any atom is -0.360 e. The van der Waals surface area contributed by atoms with Crippen molar-refractivity contribution in [2.75, 3.05) is 4.90 Å². The first-order chi connectivity index (χ1) is 13.6. The molecule has 1 heterocycles. The fraction of sp³-hybridized carbons (Fsp3) is 0.333. The van der Waals surface area contributed by atoms with Gasteiger partial charge in [0.1, 0.15) is 5.82 Å². The van der Waals surface area contributed by atoms with Gasteiger partial charge in [0.2, 0.25) is 0 Å². The number of allylic oxidation sites excluding steroid dienone is 1. The first kappa shape index (κ1) is 20.8. The van der Waals surface area contributed by atoms with Crippen LogP contribution in [0.5, 0.6) is 0 Å². The molecule has 3 rings (SSSR count). The summed E-state index contributed by atoms with van der Waals surface area (Å²) in [5.74, 6) is -1.14. The predicted octanol–water partition coefficient (Wildman–Crippen LogP) is 5.31. The van der Waals surface area contributed by atoms with E-state index < -0.39 is 11.7 Å². The molecule has 4 nitrogen and oxygen atoms in total. The van der Waals surface area contributed by atoms with Gasteiger partial charge in [0.15, 0.2) is 0 Å². The van der Waals surface area contributed by atoms with E-state index in [2.05, 4.69) is 68.3 Å². The molecule has 0 radical (unpaired) electrons. The summed E-state index contributed by atoms with van der Waals surface area (Å²) in [5.41, 5.74) is 7.86. The molecular weight excluding hydrogens is 365 g/mol. The van der Waals surface area contributed by atoms with E-state index in [0.717, 1.165) is 16.7 Å². The number of anilines is 1. The average molecular weight is 394 g/mol. The van der Waals surface area contributed by atoms with Crippen molar-refractivity contribution in [2.24, 2.45) is 5.10 Å². The van der Waals surface area contributed by atoms with Crippen LogP contribution in [0.3, 0.4) is 0 Å². The number of aryl methyl sites for hydroxylation is 1. The summed E-state index contributed by atoms with van der Waals surface area (Å²) in [6.45, 7) is 13.0. The molecule has 0 unspecified atom stereocenters. The summed E-state index contributed by atoms with van der Waals surface area (Å²) < 4.78 is 13.7. The maximum absolute atomic E-state index is 13.7. The zero-order valence-corrected chi connectivity index (χ0v) is 17.9. The van der Waals surface area contributed by atoms with Crippen LogP contribution in [-0.2, 0) is 0 Å². The number of nitrogens with one attached hydrogen (secondary N) is 1. The lowest BCUT2D eigenvalue weighted by atomic mass is 9.86. The van der Waals surface area contributed by atoms with Gasteiger partial charge in [0.25, 0.3) is 5.91 Å². The smallest absolute Gasteiger partial charge is 0.274 e. The first-order valence-electron chi connectivity index (χ1n) is 9.83. The van der Waals surface area contributed by atoms with E-state index in [9.17, 15) is 9.18 Å². The standard InChI is InChI=1S/C24H28FN3O/c1-15(2)28-22-11-16(3)18(12-20(22)17(4)13-24(28,5)6)14-26-27-23(29)19-9-7-8-10-21(19)25/h7-15H,1-6H3,(H,27,29)/b26-14+. The van der Waals surface area contributed by atoms with Gasteiger partial charge >= 0.3 is 0 Å². The average Bonchev–Trinajstić information content (AvgIpc) is 2.61. The third-order valence-corrected chi connectivity index (χ3v) is 5.26. The highest BCUT2D eigenvalue weighted by Crippen LogP contribution is 2.41. The second-order valence-electron chi connectivity index (χ2n) is 8.35. The van der Waals surface area contributed by atoms with Crippen LogP contribution >= 0.6 is 0 Å². The second-order valence-corrected chi connectivity index (χ2v) is 8.35. The Morgan fingerprint density at radius 1 is 1.21 bits per heavy atom. The minimum atomic E-state index is -0.571. The molecule has 0 saturated heterocycles. The summed E-state index contributed by atoms with van der Waals surface area (Å²) in [4.78, 5) is 14.6. The van der Waals surface area contributed by atoms with E-state index in [1.54, 1.807) is 18.3 Å². The molecule has 1 aliphatic rings. The molecule has 1 aliphatic heterocycles. The number of nitrogens with zero attached hydrogens (tertiary/aromatic N) is 2. The monoisotopic (exact) mass is 393 g/mol. The van der Waals surface area contributed by atoms with Crippen LogP contribution in [0.2, 0.25) is 0 Å². The number of hydrogen-bond acceptors (Lipinski definition) is 3. The van der Waals surface area contributed by atoms with Crippen molar-refractivity contribution in [1.82, 2.24) is 5.43 Å². The lowest BCUT2D eigenvalue weighted by Gasteiger charge is -2.46. The van der Waals surface area contributed by atoms with Gasteiger partial charge in [-0.2, -0.15) is 5.10 Å². The fourth-order valence-electron chi connectivity index (χ4n) is 4.16. The third-order valence-electron chi connectivity index (χ3n) is 5.26. The van der Waals surface area contributed by atoms with E-state index >= 15 is 0 Å². The van der Waals surface area contributed by atoms with Crippen LogP contribution in [0.1, 0.15) is 61.7 Å². The molecule has 0 aromatic heterocycles. The Hall–Kier alpha value is -2.95. The van der Waals surface area contributed by atoms with Gasteiger partial charge in [-0.05, 0) is 82.5 Å². The van der Waals surface area contributed by atoms with Gasteiger partial charge in [-0.25, -0.2) is 9.82 Å². The van der Waals surface area contributed by atoms with E-state index in [4.69, 9.17) is 0 Å². The Kier molecular flexibility index (Phi) is 5.60. The van der Waals surface area contributed by atoms with Crippen molar-refractivity contribution in [3.63, 3.8) is 0 Å². The lowest BCUT2D eigenvalue weighted by molar-refractivity contribution is 0.0951. The molecule has 5 heteroatoms. The maximum Gasteiger partial charge on any atom is 0.274 e. The van der Waals surface area contributed by atoms with E-state index in [0.29, 0.717) is 6.04 Å². The Labute approximate surface area is 172 Å². The third kappa shape index (κ3) is 4.09. The normalized spacial score (nSPS) is 15.4. The van der Waals surface area contributed by atoms with E-state index in [-0.39, 0.29) is 11.1 Å². The molecule has 152 valence electrons. The highest BCUT2D eigenvalue weighted by Gasteiger charge is 2.33. The SMILES string of the molecule is CC1=CC(C)(C)N(C(C)C)c2cc(C)c(/C=N/NC(=O)c3ccccc3F)cc21. The van der Waals surface area contributed by atoms with Crippen LogP contribution in [0.15, 0.2) is 47.6 Å². The molecular formula is C24H28FN3O. The summed E-state index contributed by atoms with van der Waals surface area (Å²) >= 11 is 0. The summed E-state index contributed by atoms with van der Waals surface area (Å²) in [6.07, 6.45) is 3.90. The Balaban J connectivity index is 1.89. The number of hydrazone groups is 1. The van der Waals surface area contributed by atoms with Crippen molar-refractivity contribution in [1.29, 1.82) is 0 Å². The van der Waals surface area contributed by atoms with Crippen molar-refractivity contribution in [2.45, 2.75) is 53.1 Å². The Morgan fingerprint density at radius 2 is 1.90 bits per heavy atom. The quantitative estimate of drug-likeness (QED) is 0.565. The zero-order valence-electron chi connectivity index (χ0n) is 17.9. The van der Waals surface area contributed by atoms with E-state index in [1.165, 1.54) is 23.4 Å². The van der Waals surface area contributed by atoms with Gasteiger partial charge in [-0.15, -0.1) is 0 Å². The first-order valence-corrected chi connectivity index (χ1v) is 9.83. The van der Waals surface area contributed by atoms with Gasteiger partial charge in [0.05, 0.1) is 17.3 Å². The number of amides is 1. The number of benzene rings is 2. The Bertz CT molecular complexity index is 1010. The fourth-order valence-corrected chi connectivity index (χ4v) is 4.16. The highest BCUT2D eigenvalue weighted by molar-refractivity contribution is 5.95. The Morgan fingerprint density at radius 3 is 2.55 bits per heavy atom. The largest absolute Gasteiger partial charge is 0.360 e. The number of carbonyl (C=O) groups excluding carboxylic acids is 1. The van der Waals surface area contributed by atoms with Gasteiger partial charge in [0, 0.05) is 17.3 Å². The zero-order chi connectivity index (χ0) is 21.3. The topological polar surface area (TPSA) is 44.7 Å². The predicted molar refractivity (Wildman–Crippen MR) is 118 cm³/mol. The number of halogens is 1. The number of rotatable bonds is 4. The molecule has 0 spiro atoms. The molecule has 1 amide bonds. The van der Waals surface area contributed by atoms with Crippen molar-refractivity contribution < 1.29 is 9.18 Å². The molecule has 0 atom stereocenters. The highest BCUT2D eigenvalue weighted by atomic mass is 19.1.